The monoisotopic (exact) mass is 1100 g/mol. The van der Waals surface area contributed by atoms with E-state index < -0.39 is 49.5 Å². The summed E-state index contributed by atoms with van der Waals surface area (Å²) in [5, 5.41) is 54.6. The fourth-order valence-corrected chi connectivity index (χ4v) is 9.72. The number of allylic oxidation sites excluding steroid dienone is 17. The molecule has 0 aromatic heterocycles. The number of aliphatic hydroxyl groups excluding tert-OH is 5. The number of rotatable bonds is 55. The van der Waals surface area contributed by atoms with Gasteiger partial charge in [0.1, 0.15) is 24.4 Å². The van der Waals surface area contributed by atoms with Crippen LogP contribution < -0.4 is 5.32 Å². The maximum absolute atomic E-state index is 13.1. The Labute approximate surface area is 485 Å². The average Bonchev–Trinajstić information content (AvgIpc) is 3.47. The third-order valence-corrected chi connectivity index (χ3v) is 14.8. The van der Waals surface area contributed by atoms with E-state index in [9.17, 15) is 30.3 Å². The quantitative estimate of drug-likeness (QED) is 0.0261. The lowest BCUT2D eigenvalue weighted by atomic mass is 9.99. The van der Waals surface area contributed by atoms with Crippen molar-refractivity contribution in [3.63, 3.8) is 0 Å². The minimum absolute atomic E-state index is 0.192. The van der Waals surface area contributed by atoms with E-state index in [2.05, 4.69) is 116 Å². The molecule has 0 bridgehead atoms. The smallest absolute Gasteiger partial charge is 0.220 e. The Morgan fingerprint density at radius 1 is 0.443 bits per heavy atom. The summed E-state index contributed by atoms with van der Waals surface area (Å²) in [5.74, 6) is -0.192. The van der Waals surface area contributed by atoms with Crippen LogP contribution in [0.2, 0.25) is 0 Å². The second-order valence-electron chi connectivity index (χ2n) is 22.2. The van der Waals surface area contributed by atoms with Crippen molar-refractivity contribution in [3.8, 4) is 0 Å². The first-order chi connectivity index (χ1) is 38.8. The molecule has 1 amide bonds. The summed E-state index contributed by atoms with van der Waals surface area (Å²) in [6.07, 6.45) is 78.9. The van der Waals surface area contributed by atoms with Crippen molar-refractivity contribution in [2.75, 3.05) is 13.2 Å². The molecule has 7 atom stereocenters. The zero-order valence-corrected chi connectivity index (χ0v) is 50.6. The summed E-state index contributed by atoms with van der Waals surface area (Å²) in [4.78, 5) is 13.1. The molecule has 9 nitrogen and oxygen atoms in total. The highest BCUT2D eigenvalue weighted by Crippen LogP contribution is 2.23. The van der Waals surface area contributed by atoms with Crippen molar-refractivity contribution in [2.45, 2.75) is 314 Å². The van der Waals surface area contributed by atoms with Gasteiger partial charge in [-0.15, -0.1) is 0 Å². The predicted molar refractivity (Wildman–Crippen MR) is 336 cm³/mol. The van der Waals surface area contributed by atoms with Gasteiger partial charge in [-0.2, -0.15) is 0 Å². The predicted octanol–water partition coefficient (Wildman–Crippen LogP) is 17.3. The largest absolute Gasteiger partial charge is 0.394 e. The molecule has 9 heteroatoms. The van der Waals surface area contributed by atoms with Crippen LogP contribution in [0.1, 0.15) is 271 Å². The minimum atomic E-state index is -1.58. The van der Waals surface area contributed by atoms with Gasteiger partial charge in [-0.25, -0.2) is 0 Å². The first-order valence-electron chi connectivity index (χ1n) is 32.6. The molecule has 0 aromatic carbocycles. The molecule has 1 saturated heterocycles. The number of carbonyl (C=O) groups excluding carboxylic acids is 1. The van der Waals surface area contributed by atoms with Crippen molar-refractivity contribution in [3.05, 3.63) is 109 Å². The highest BCUT2D eigenvalue weighted by atomic mass is 16.7. The molecule has 0 spiro atoms. The second-order valence-corrected chi connectivity index (χ2v) is 22.2. The summed E-state index contributed by atoms with van der Waals surface area (Å²) in [6.45, 7) is 3.66. The molecule has 79 heavy (non-hydrogen) atoms. The van der Waals surface area contributed by atoms with Crippen LogP contribution in [0.25, 0.3) is 0 Å². The molecule has 7 unspecified atom stereocenters. The Morgan fingerprint density at radius 3 is 1.22 bits per heavy atom. The molecular formula is C70H121NO8. The van der Waals surface area contributed by atoms with Gasteiger partial charge < -0.3 is 40.3 Å². The van der Waals surface area contributed by atoms with Gasteiger partial charge in [0.25, 0.3) is 0 Å². The maximum Gasteiger partial charge on any atom is 0.220 e. The Hall–Kier alpha value is -3.15. The first kappa shape index (κ1) is 73.9. The van der Waals surface area contributed by atoms with Crippen LogP contribution in [-0.2, 0) is 14.3 Å². The third-order valence-electron chi connectivity index (χ3n) is 14.8. The Kier molecular flexibility index (Phi) is 54.3. The van der Waals surface area contributed by atoms with Crippen LogP contribution >= 0.6 is 0 Å². The average molecular weight is 1100 g/mol. The summed E-state index contributed by atoms with van der Waals surface area (Å²) in [7, 11) is 0. The number of hydrogen-bond acceptors (Lipinski definition) is 8. The van der Waals surface area contributed by atoms with Gasteiger partial charge in [0, 0.05) is 6.42 Å². The fraction of sp³-hybridized carbons (Fsp3) is 0.729. The summed E-state index contributed by atoms with van der Waals surface area (Å²) < 4.78 is 11.3. The van der Waals surface area contributed by atoms with E-state index in [1.807, 2.05) is 6.08 Å². The molecular weight excluding hydrogens is 983 g/mol. The van der Waals surface area contributed by atoms with E-state index >= 15 is 0 Å². The van der Waals surface area contributed by atoms with Crippen LogP contribution in [0.5, 0.6) is 0 Å². The fourth-order valence-electron chi connectivity index (χ4n) is 9.72. The molecule has 1 rings (SSSR count). The molecule has 0 saturated carbocycles. The van der Waals surface area contributed by atoms with Crippen molar-refractivity contribution in [1.82, 2.24) is 5.32 Å². The summed E-state index contributed by atoms with van der Waals surface area (Å²) in [6, 6.07) is -0.835. The number of nitrogens with one attached hydrogen (secondary N) is 1. The molecule has 0 radical (unpaired) electrons. The van der Waals surface area contributed by atoms with Gasteiger partial charge in [0.2, 0.25) is 5.91 Å². The summed E-state index contributed by atoms with van der Waals surface area (Å²) >= 11 is 0. The lowest BCUT2D eigenvalue weighted by Crippen LogP contribution is -2.60. The normalized spacial score (nSPS) is 19.3. The van der Waals surface area contributed by atoms with Crippen LogP contribution in [0.4, 0.5) is 0 Å². The number of unbranched alkanes of at least 4 members (excludes halogenated alkanes) is 29. The van der Waals surface area contributed by atoms with E-state index in [4.69, 9.17) is 9.47 Å². The molecule has 0 aromatic rings. The SMILES string of the molecule is CC/C=C\C/C=C\C/C=C\C/C=C\C/C=C\C/C=C\CCCCCCCCCCCCCCCCCCC(=O)NC(COC1OC(CO)C(O)C(O)C1O)C(O)/C=C/CC/C=C/CC/C=C/CCCCCCCCCCCCC. The maximum atomic E-state index is 13.1. The van der Waals surface area contributed by atoms with Gasteiger partial charge in [0.15, 0.2) is 6.29 Å². The zero-order valence-electron chi connectivity index (χ0n) is 50.6. The molecule has 1 aliphatic heterocycles. The van der Waals surface area contributed by atoms with E-state index in [0.717, 1.165) is 83.5 Å². The Bertz CT molecular complexity index is 1610. The van der Waals surface area contributed by atoms with Crippen LogP contribution in [0.3, 0.4) is 0 Å². The number of ether oxygens (including phenoxy) is 2. The molecule has 1 fully saturated rings. The van der Waals surface area contributed by atoms with E-state index in [-0.39, 0.29) is 12.5 Å². The standard InChI is InChI=1S/C70H121NO8/c1-3-5-7-9-11-13-15-17-19-21-23-25-26-27-28-29-30-31-32-33-34-35-36-37-38-40-42-44-46-48-50-52-54-56-58-60-66(74)71-63(62-78-70-69(77)68(76)67(75)65(61-72)79-70)64(73)59-57-55-53-51-49-47-45-43-41-39-24-22-20-18-16-14-12-10-8-6-4-2/h5,7,11,13,17,19,23,25,27-28,30-31,41,43,49,51,57,59,63-65,67-70,72-73,75-77H,3-4,6,8-10,12,14-16,18,20-22,24,26,29,32-40,42,44-48,50,52-56,58,60-62H2,1-2H3,(H,71,74)/b7-5-,13-11-,19-17-,25-23-,28-27-,31-30-,43-41+,51-49+,59-57+. The first-order valence-corrected chi connectivity index (χ1v) is 32.6. The lowest BCUT2D eigenvalue weighted by Gasteiger charge is -2.40. The second kappa shape index (κ2) is 58.1. The van der Waals surface area contributed by atoms with Crippen molar-refractivity contribution in [1.29, 1.82) is 0 Å². The highest BCUT2D eigenvalue weighted by Gasteiger charge is 2.44. The van der Waals surface area contributed by atoms with Crippen molar-refractivity contribution in [2.24, 2.45) is 0 Å². The van der Waals surface area contributed by atoms with Crippen molar-refractivity contribution < 1.29 is 39.8 Å². The Balaban J connectivity index is 2.17. The van der Waals surface area contributed by atoms with E-state index in [1.165, 1.54) is 167 Å². The number of amides is 1. The minimum Gasteiger partial charge on any atom is -0.394 e. The number of hydrogen-bond donors (Lipinski definition) is 6. The van der Waals surface area contributed by atoms with Gasteiger partial charge in [0.05, 0.1) is 25.4 Å². The summed E-state index contributed by atoms with van der Waals surface area (Å²) in [5.41, 5.74) is 0. The number of carbonyl (C=O) groups is 1. The highest BCUT2D eigenvalue weighted by molar-refractivity contribution is 5.76. The topological polar surface area (TPSA) is 149 Å². The third kappa shape index (κ3) is 47.1. The molecule has 1 heterocycles. The number of aliphatic hydroxyl groups is 5. The van der Waals surface area contributed by atoms with Crippen LogP contribution in [0.15, 0.2) is 109 Å². The van der Waals surface area contributed by atoms with Crippen molar-refractivity contribution >= 4 is 5.91 Å². The van der Waals surface area contributed by atoms with Crippen LogP contribution in [-0.4, -0.2) is 87.5 Å². The molecule has 1 aliphatic rings. The zero-order chi connectivity index (χ0) is 57.2. The van der Waals surface area contributed by atoms with E-state index in [0.29, 0.717) is 6.42 Å². The van der Waals surface area contributed by atoms with Crippen LogP contribution in [0, 0.1) is 0 Å². The van der Waals surface area contributed by atoms with Gasteiger partial charge in [-0.3, -0.25) is 4.79 Å². The van der Waals surface area contributed by atoms with Gasteiger partial charge >= 0.3 is 0 Å². The molecule has 0 aliphatic carbocycles. The molecule has 454 valence electrons. The Morgan fingerprint density at radius 2 is 0.797 bits per heavy atom. The molecule has 6 N–H and O–H groups in total. The van der Waals surface area contributed by atoms with E-state index in [1.54, 1.807) is 6.08 Å². The van der Waals surface area contributed by atoms with Gasteiger partial charge in [-0.05, 0) is 96.3 Å². The van der Waals surface area contributed by atoms with Gasteiger partial charge in [-0.1, -0.05) is 277 Å². The lowest BCUT2D eigenvalue weighted by molar-refractivity contribution is -0.302.